The number of rotatable bonds is 6. The molecule has 140 valence electrons. The lowest BCUT2D eigenvalue weighted by atomic mass is 10.2. The van der Waals surface area contributed by atoms with Gasteiger partial charge in [-0.05, 0) is 77.9 Å². The second kappa shape index (κ2) is 9.19. The number of aliphatic imine (C=N–C) groups is 1. The number of ether oxygens (including phenoxy) is 2. The molecule has 0 unspecified atom stereocenters. The number of hydrogen-bond acceptors (Lipinski definition) is 5. The van der Waals surface area contributed by atoms with Gasteiger partial charge in [0.15, 0.2) is 0 Å². The van der Waals surface area contributed by atoms with E-state index < -0.39 is 5.97 Å². The molecule has 5 nitrogen and oxygen atoms in total. The first-order chi connectivity index (χ1) is 13.6. The molecule has 0 aliphatic heterocycles. The minimum absolute atomic E-state index is 0.200. The zero-order valence-electron chi connectivity index (χ0n) is 15.3. The van der Waals surface area contributed by atoms with Crippen molar-refractivity contribution in [2.45, 2.75) is 0 Å². The van der Waals surface area contributed by atoms with E-state index in [-0.39, 0.29) is 5.75 Å². The highest BCUT2D eigenvalue weighted by atomic mass is 16.5. The average molecular weight is 373 g/mol. The van der Waals surface area contributed by atoms with E-state index in [4.69, 9.17) is 9.47 Å². The Balaban J connectivity index is 1.58. The van der Waals surface area contributed by atoms with Gasteiger partial charge in [-0.25, -0.2) is 4.79 Å². The summed E-state index contributed by atoms with van der Waals surface area (Å²) in [5.41, 5.74) is 2.44. The highest BCUT2D eigenvalue weighted by Crippen LogP contribution is 2.18. The second-order valence-corrected chi connectivity index (χ2v) is 5.87. The summed E-state index contributed by atoms with van der Waals surface area (Å²) in [4.78, 5) is 16.3. The lowest BCUT2D eigenvalue weighted by molar-refractivity contribution is -0.128. The first kappa shape index (κ1) is 18.9. The minimum Gasteiger partial charge on any atom is -0.508 e. The Morgan fingerprint density at radius 1 is 0.929 bits per heavy atom. The molecule has 1 N–H and O–H groups in total. The fourth-order valence-corrected chi connectivity index (χ4v) is 2.37. The number of benzene rings is 3. The molecule has 0 fully saturated rings. The van der Waals surface area contributed by atoms with Crippen molar-refractivity contribution in [3.8, 4) is 17.2 Å². The van der Waals surface area contributed by atoms with Crippen molar-refractivity contribution in [2.75, 3.05) is 7.11 Å². The first-order valence-corrected chi connectivity index (χ1v) is 8.59. The van der Waals surface area contributed by atoms with Crippen LogP contribution in [0.4, 0.5) is 5.69 Å². The van der Waals surface area contributed by atoms with Crippen LogP contribution >= 0.6 is 0 Å². The van der Waals surface area contributed by atoms with Crippen LogP contribution in [0.2, 0.25) is 0 Å². The number of aromatic hydroxyl groups is 1. The summed E-state index contributed by atoms with van der Waals surface area (Å²) in [6.45, 7) is 0. The van der Waals surface area contributed by atoms with Gasteiger partial charge in [0, 0.05) is 12.3 Å². The summed E-state index contributed by atoms with van der Waals surface area (Å²) >= 11 is 0. The van der Waals surface area contributed by atoms with Crippen LogP contribution in [0.3, 0.4) is 0 Å². The maximum atomic E-state index is 12.0. The van der Waals surface area contributed by atoms with E-state index in [1.165, 1.54) is 6.08 Å². The Labute approximate surface area is 163 Å². The number of phenols is 1. The molecule has 3 aromatic rings. The van der Waals surface area contributed by atoms with Gasteiger partial charge in [-0.3, -0.25) is 4.99 Å². The molecule has 0 spiro atoms. The number of carbonyl (C=O) groups is 1. The lowest BCUT2D eigenvalue weighted by Crippen LogP contribution is -2.03. The molecule has 0 aromatic heterocycles. The van der Waals surface area contributed by atoms with Crippen molar-refractivity contribution < 1.29 is 19.4 Å². The zero-order valence-corrected chi connectivity index (χ0v) is 15.3. The van der Waals surface area contributed by atoms with Crippen molar-refractivity contribution in [1.29, 1.82) is 0 Å². The maximum absolute atomic E-state index is 12.0. The highest BCUT2D eigenvalue weighted by Gasteiger charge is 2.01. The SMILES string of the molecule is COc1cccc(/C=C/C(=O)Oc2ccc(/C=N/c3ccc(O)cc3)cc2)c1. The van der Waals surface area contributed by atoms with E-state index in [1.54, 1.807) is 67.9 Å². The lowest BCUT2D eigenvalue weighted by Gasteiger charge is -2.02. The number of hydrogen-bond donors (Lipinski definition) is 1. The summed E-state index contributed by atoms with van der Waals surface area (Å²) in [6.07, 6.45) is 4.74. The number of esters is 1. The topological polar surface area (TPSA) is 68.1 Å². The van der Waals surface area contributed by atoms with Gasteiger partial charge in [-0.15, -0.1) is 0 Å². The van der Waals surface area contributed by atoms with Gasteiger partial charge in [0.1, 0.15) is 17.2 Å². The van der Waals surface area contributed by atoms with Gasteiger partial charge >= 0.3 is 5.97 Å². The van der Waals surface area contributed by atoms with Crippen molar-refractivity contribution in [1.82, 2.24) is 0 Å². The molecule has 0 amide bonds. The molecule has 0 aliphatic rings. The number of carbonyl (C=O) groups excluding carboxylic acids is 1. The Kier molecular flexibility index (Phi) is 6.21. The van der Waals surface area contributed by atoms with Gasteiger partial charge in [-0.1, -0.05) is 12.1 Å². The molecule has 0 heterocycles. The third kappa shape index (κ3) is 5.57. The zero-order chi connectivity index (χ0) is 19.8. The summed E-state index contributed by atoms with van der Waals surface area (Å²) in [5.74, 6) is 0.904. The van der Waals surface area contributed by atoms with Gasteiger partial charge in [0.25, 0.3) is 0 Å². The molecule has 0 saturated heterocycles. The fourth-order valence-electron chi connectivity index (χ4n) is 2.37. The molecule has 0 radical (unpaired) electrons. The van der Waals surface area contributed by atoms with E-state index in [2.05, 4.69) is 4.99 Å². The fraction of sp³-hybridized carbons (Fsp3) is 0.0435. The Hall–Kier alpha value is -3.86. The van der Waals surface area contributed by atoms with Crippen LogP contribution in [-0.2, 0) is 4.79 Å². The quantitative estimate of drug-likeness (QED) is 0.292. The van der Waals surface area contributed by atoms with Gasteiger partial charge < -0.3 is 14.6 Å². The van der Waals surface area contributed by atoms with Gasteiger partial charge in [0.05, 0.1) is 12.8 Å². The van der Waals surface area contributed by atoms with Crippen molar-refractivity contribution in [3.63, 3.8) is 0 Å². The minimum atomic E-state index is -0.465. The van der Waals surface area contributed by atoms with Crippen LogP contribution in [0.5, 0.6) is 17.2 Å². The number of nitrogens with zero attached hydrogens (tertiary/aromatic N) is 1. The predicted octanol–water partition coefficient (Wildman–Crippen LogP) is 4.77. The van der Waals surface area contributed by atoms with E-state index in [0.717, 1.165) is 22.6 Å². The molecular formula is C23H19NO4. The molecule has 3 aromatic carbocycles. The van der Waals surface area contributed by atoms with Crippen molar-refractivity contribution >= 4 is 23.9 Å². The van der Waals surface area contributed by atoms with Crippen LogP contribution in [-0.4, -0.2) is 24.4 Å². The van der Waals surface area contributed by atoms with Crippen LogP contribution in [0, 0.1) is 0 Å². The van der Waals surface area contributed by atoms with Crippen LogP contribution in [0.25, 0.3) is 6.08 Å². The predicted molar refractivity (Wildman–Crippen MR) is 109 cm³/mol. The molecule has 5 heteroatoms. The van der Waals surface area contributed by atoms with Gasteiger partial charge in [0.2, 0.25) is 0 Å². The maximum Gasteiger partial charge on any atom is 0.336 e. The summed E-state index contributed by atoms with van der Waals surface area (Å²) in [5, 5.41) is 9.27. The normalized spacial score (nSPS) is 11.0. The van der Waals surface area contributed by atoms with Crippen molar-refractivity contribution in [3.05, 3.63) is 90.0 Å². The third-order valence-corrected chi connectivity index (χ3v) is 3.82. The molecule has 28 heavy (non-hydrogen) atoms. The number of methoxy groups -OCH3 is 1. The largest absolute Gasteiger partial charge is 0.508 e. The van der Waals surface area contributed by atoms with E-state index in [0.29, 0.717) is 5.75 Å². The van der Waals surface area contributed by atoms with Crippen molar-refractivity contribution in [2.24, 2.45) is 4.99 Å². The van der Waals surface area contributed by atoms with Crippen LogP contribution < -0.4 is 9.47 Å². The number of phenolic OH excluding ortho intramolecular Hbond substituents is 1. The molecule has 3 rings (SSSR count). The monoisotopic (exact) mass is 373 g/mol. The smallest absolute Gasteiger partial charge is 0.336 e. The van der Waals surface area contributed by atoms with Crippen LogP contribution in [0.15, 0.2) is 83.9 Å². The third-order valence-electron chi connectivity index (χ3n) is 3.82. The molecule has 0 saturated carbocycles. The molecule has 0 bridgehead atoms. The van der Waals surface area contributed by atoms with Gasteiger partial charge in [-0.2, -0.15) is 0 Å². The Bertz CT molecular complexity index is 990. The van der Waals surface area contributed by atoms with E-state index in [9.17, 15) is 9.90 Å². The molecular weight excluding hydrogens is 354 g/mol. The summed E-state index contributed by atoms with van der Waals surface area (Å²) < 4.78 is 10.4. The van der Waals surface area contributed by atoms with E-state index in [1.807, 2.05) is 24.3 Å². The Morgan fingerprint density at radius 3 is 2.39 bits per heavy atom. The second-order valence-electron chi connectivity index (χ2n) is 5.87. The average Bonchev–Trinajstić information content (AvgIpc) is 2.73. The molecule has 0 atom stereocenters. The first-order valence-electron chi connectivity index (χ1n) is 8.59. The molecule has 0 aliphatic carbocycles. The highest BCUT2D eigenvalue weighted by molar-refractivity contribution is 5.89. The standard InChI is InChI=1S/C23H19NO4/c1-27-22-4-2-3-17(15-22)7-14-23(26)28-21-12-5-18(6-13-21)16-24-19-8-10-20(25)11-9-19/h2-16,25H,1H3/b14-7+,24-16+. The van der Waals surface area contributed by atoms with Crippen LogP contribution in [0.1, 0.15) is 11.1 Å². The summed E-state index contributed by atoms with van der Waals surface area (Å²) in [6, 6.07) is 21.0. The summed E-state index contributed by atoms with van der Waals surface area (Å²) in [7, 11) is 1.59. The van der Waals surface area contributed by atoms with E-state index >= 15 is 0 Å². The Morgan fingerprint density at radius 2 is 1.68 bits per heavy atom.